The summed E-state index contributed by atoms with van der Waals surface area (Å²) in [7, 11) is -0.321. The Bertz CT molecular complexity index is 3250. The highest BCUT2D eigenvalue weighted by atomic mass is 32.2. The van der Waals surface area contributed by atoms with E-state index < -0.39 is 69.6 Å². The molecule has 0 bridgehead atoms. The Hall–Kier alpha value is -8.51. The molecular weight excluding hydrogens is 1040 g/mol. The maximum absolute atomic E-state index is 14.2. The first-order valence-electron chi connectivity index (χ1n) is 24.2. The van der Waals surface area contributed by atoms with Crippen molar-refractivity contribution in [2.24, 2.45) is 0 Å². The number of nitrogens with one attached hydrogen (secondary N) is 2. The van der Waals surface area contributed by atoms with Crippen LogP contribution in [0.15, 0.2) is 149 Å². The number of rotatable bonds is 13. The SMILES string of the molecule is C[N+](C)(CCCN1CC2=C(C1=O)[C@@H](c1ccc(C#N)cc1)NC(=O)N2c1cccc(C(F)(F)F)c1)CCCN1CC2=C(C1=O)[C@@H](c1ccc(C#N)cc1)NC(=O)N2c1cccc(C(F)(F)F)c1.Cc1ccc(S(=O)(=O)[O-])cc1. The van der Waals surface area contributed by atoms with Crippen LogP contribution in [-0.2, 0) is 32.1 Å². The zero-order valence-corrected chi connectivity index (χ0v) is 42.8. The highest BCUT2D eigenvalue weighted by molar-refractivity contribution is 7.85. The van der Waals surface area contributed by atoms with E-state index >= 15 is 0 Å². The van der Waals surface area contributed by atoms with Crippen molar-refractivity contribution in [1.82, 2.24) is 20.4 Å². The number of nitriles is 2. The number of aryl methyl sites for hydroxylation is 1. The topological polar surface area (TPSA) is 210 Å². The van der Waals surface area contributed by atoms with Gasteiger partial charge < -0.3 is 29.5 Å². The molecule has 23 heteroatoms. The number of hydrogen-bond donors (Lipinski definition) is 2. The zero-order valence-electron chi connectivity index (χ0n) is 42.0. The predicted octanol–water partition coefficient (Wildman–Crippen LogP) is 8.66. The van der Waals surface area contributed by atoms with Gasteiger partial charge in [-0.3, -0.25) is 19.4 Å². The second-order valence-electron chi connectivity index (χ2n) is 19.5. The van der Waals surface area contributed by atoms with Crippen LogP contribution in [0.5, 0.6) is 0 Å². The molecule has 9 rings (SSSR count). The number of anilines is 2. The Balaban J connectivity index is 0.000000651. The van der Waals surface area contributed by atoms with Gasteiger partial charge in [0.2, 0.25) is 0 Å². The van der Waals surface area contributed by atoms with Crippen LogP contribution < -0.4 is 20.4 Å². The Kier molecular flexibility index (Phi) is 15.6. The third-order valence-corrected chi connectivity index (χ3v) is 14.5. The van der Waals surface area contributed by atoms with Gasteiger partial charge in [-0.15, -0.1) is 0 Å². The lowest BCUT2D eigenvalue weighted by molar-refractivity contribution is -0.890. The van der Waals surface area contributed by atoms with E-state index in [0.29, 0.717) is 52.7 Å². The Morgan fingerprint density at radius 2 is 1.00 bits per heavy atom. The van der Waals surface area contributed by atoms with Gasteiger partial charge in [0.15, 0.2) is 0 Å². The fraction of sp³-hybridized carbons (Fsp3) is 0.273. The number of carbonyl (C=O) groups is 4. The molecule has 2 N–H and O–H groups in total. The second-order valence-corrected chi connectivity index (χ2v) is 20.9. The maximum Gasteiger partial charge on any atom is 0.416 e. The summed E-state index contributed by atoms with van der Waals surface area (Å²) in [4.78, 5) is 61.0. The van der Waals surface area contributed by atoms with Gasteiger partial charge in [0.05, 0.1) is 126 Å². The molecule has 0 aliphatic carbocycles. The number of urea groups is 2. The predicted molar refractivity (Wildman–Crippen MR) is 270 cm³/mol. The van der Waals surface area contributed by atoms with Gasteiger partial charge in [0, 0.05) is 25.9 Å². The Labute approximate surface area is 445 Å². The molecule has 0 unspecified atom stereocenters. The first-order valence-corrected chi connectivity index (χ1v) is 25.6. The molecule has 0 spiro atoms. The normalized spacial score (nSPS) is 17.7. The lowest BCUT2D eigenvalue weighted by Gasteiger charge is -2.34. The number of hydrogen-bond acceptors (Lipinski definition) is 9. The summed E-state index contributed by atoms with van der Waals surface area (Å²) in [6.07, 6.45) is -8.40. The second kappa shape index (κ2) is 21.8. The molecule has 5 aromatic rings. The van der Waals surface area contributed by atoms with Crippen molar-refractivity contribution in [2.75, 3.05) is 63.2 Å². The van der Waals surface area contributed by atoms with Gasteiger partial charge in [0.25, 0.3) is 11.8 Å². The number of carbonyl (C=O) groups excluding carboxylic acids is 4. The quantitative estimate of drug-likeness (QED) is 0.0656. The number of halogens is 6. The number of quaternary nitrogens is 1. The van der Waals surface area contributed by atoms with Gasteiger partial charge in [0.1, 0.15) is 10.1 Å². The molecule has 0 aromatic heterocycles. The van der Waals surface area contributed by atoms with Gasteiger partial charge >= 0.3 is 24.4 Å². The van der Waals surface area contributed by atoms with E-state index in [1.54, 1.807) is 70.5 Å². The largest absolute Gasteiger partial charge is 0.744 e. The van der Waals surface area contributed by atoms with Gasteiger partial charge in [-0.1, -0.05) is 54.1 Å². The number of amides is 6. The molecule has 0 saturated heterocycles. The average molecular weight is 1090 g/mol. The average Bonchev–Trinajstić information content (AvgIpc) is 4.05. The number of alkyl halides is 6. The number of benzene rings is 5. The smallest absolute Gasteiger partial charge is 0.416 e. The highest BCUT2D eigenvalue weighted by Gasteiger charge is 2.47. The van der Waals surface area contributed by atoms with E-state index in [-0.39, 0.29) is 65.0 Å². The van der Waals surface area contributed by atoms with Gasteiger partial charge in [-0.2, -0.15) is 36.9 Å². The van der Waals surface area contributed by atoms with Crippen molar-refractivity contribution >= 4 is 45.4 Å². The third kappa shape index (κ3) is 12.0. The standard InChI is InChI=1S/C48H41F6N9O4.C7H8O3S/c1-63(2,21-5-19-59-27-37-39(43(59)64)41(31-15-11-29(25-55)12-16-31)57-45(66)61(37)35-9-3-7-33(23-35)47(49,50)51)22-6-20-60-28-38-40(44(60)65)42(32-17-13-30(26-56)14-18-32)58-46(67)62(38)36-10-4-8-34(24-36)48(52,53)54;1-6-2-4-7(5-3-6)11(8,9)10/h3-4,7-18,23-24,41-42H,5-6,19-22,27-28H2,1-2H3,(H-,57,58,66,67);2-5H,1H3,(H,8,9,10)/t41-,42-;/m1./s1. The third-order valence-electron chi connectivity index (χ3n) is 13.7. The van der Waals surface area contributed by atoms with E-state index in [2.05, 4.69) is 10.6 Å². The van der Waals surface area contributed by atoms with Crippen molar-refractivity contribution in [3.8, 4) is 12.1 Å². The Morgan fingerprint density at radius 3 is 1.35 bits per heavy atom. The summed E-state index contributed by atoms with van der Waals surface area (Å²) < 4.78 is 114. The van der Waals surface area contributed by atoms with Gasteiger partial charge in [-0.25, -0.2) is 18.0 Å². The first kappa shape index (κ1) is 55.7. The fourth-order valence-electron chi connectivity index (χ4n) is 9.74. The lowest BCUT2D eigenvalue weighted by Crippen LogP contribution is -2.47. The molecule has 0 fully saturated rings. The van der Waals surface area contributed by atoms with Crippen LogP contribution >= 0.6 is 0 Å². The molecule has 5 aromatic carbocycles. The summed E-state index contributed by atoms with van der Waals surface area (Å²) in [5.41, 5.74) is 1.52. The van der Waals surface area contributed by atoms with Crippen molar-refractivity contribution in [1.29, 1.82) is 10.5 Å². The van der Waals surface area contributed by atoms with Crippen LogP contribution in [0.1, 0.15) is 63.9 Å². The first-order chi connectivity index (χ1) is 36.8. The maximum atomic E-state index is 14.2. The van der Waals surface area contributed by atoms with Crippen LogP contribution in [0.4, 0.5) is 47.3 Å². The highest BCUT2D eigenvalue weighted by Crippen LogP contribution is 2.42. The molecule has 6 amide bonds. The van der Waals surface area contributed by atoms with Crippen LogP contribution in [0.25, 0.3) is 0 Å². The molecular formula is C55H49F6N9O7S. The monoisotopic (exact) mass is 1090 g/mol. The molecule has 4 aliphatic heterocycles. The molecule has 404 valence electrons. The fourth-order valence-corrected chi connectivity index (χ4v) is 10.2. The minimum Gasteiger partial charge on any atom is -0.744 e. The summed E-state index contributed by atoms with van der Waals surface area (Å²) in [6, 6.07) is 27.8. The van der Waals surface area contributed by atoms with Crippen LogP contribution in [0, 0.1) is 29.6 Å². The minimum atomic E-state index is -4.68. The van der Waals surface area contributed by atoms with Crippen molar-refractivity contribution in [3.05, 3.63) is 183 Å². The summed E-state index contributed by atoms with van der Waals surface area (Å²) in [5.74, 6) is -0.802. The minimum absolute atomic E-state index is 0.0505. The van der Waals surface area contributed by atoms with Crippen LogP contribution in [0.2, 0.25) is 0 Å². The summed E-state index contributed by atoms with van der Waals surface area (Å²) in [6.45, 7) is 3.29. The van der Waals surface area contributed by atoms with E-state index in [1.807, 2.05) is 33.2 Å². The molecule has 78 heavy (non-hydrogen) atoms. The lowest BCUT2D eigenvalue weighted by atomic mass is 9.94. The van der Waals surface area contributed by atoms with Crippen LogP contribution in [0.3, 0.4) is 0 Å². The van der Waals surface area contributed by atoms with Crippen molar-refractivity contribution < 1.29 is 63.0 Å². The summed E-state index contributed by atoms with van der Waals surface area (Å²) >= 11 is 0. The van der Waals surface area contributed by atoms with Crippen LogP contribution in [-0.4, -0.2) is 104 Å². The molecule has 0 radical (unpaired) electrons. The molecule has 4 heterocycles. The van der Waals surface area contributed by atoms with Crippen molar-refractivity contribution in [2.45, 2.75) is 49.1 Å². The van der Waals surface area contributed by atoms with Gasteiger partial charge in [-0.05, 0) is 90.8 Å². The van der Waals surface area contributed by atoms with E-state index in [4.69, 9.17) is 0 Å². The molecule has 2 atom stereocenters. The van der Waals surface area contributed by atoms with E-state index in [9.17, 15) is 69.0 Å². The zero-order chi connectivity index (χ0) is 56.5. The molecule has 16 nitrogen and oxygen atoms in total. The Morgan fingerprint density at radius 1 is 0.615 bits per heavy atom. The van der Waals surface area contributed by atoms with Crippen molar-refractivity contribution in [3.63, 3.8) is 0 Å². The van der Waals surface area contributed by atoms with E-state index in [1.165, 1.54) is 36.4 Å². The van der Waals surface area contributed by atoms with E-state index in [0.717, 1.165) is 39.6 Å². The molecule has 0 saturated carbocycles. The summed E-state index contributed by atoms with van der Waals surface area (Å²) in [5, 5.41) is 24.2. The number of nitrogens with zero attached hydrogens (tertiary/aromatic N) is 7. The molecule has 4 aliphatic rings.